The summed E-state index contributed by atoms with van der Waals surface area (Å²) in [4.78, 5) is 41.6. The Balaban J connectivity index is 1.33. The van der Waals surface area contributed by atoms with Crippen molar-refractivity contribution in [1.29, 1.82) is 0 Å². The van der Waals surface area contributed by atoms with Crippen LogP contribution in [-0.4, -0.2) is 69.0 Å². The lowest BCUT2D eigenvalue weighted by atomic mass is 10.2. The molecule has 3 aromatic rings. The summed E-state index contributed by atoms with van der Waals surface area (Å²) < 4.78 is 1.84. The van der Waals surface area contributed by atoms with Crippen LogP contribution in [0.15, 0.2) is 55.1 Å². The number of aryl methyl sites for hydroxylation is 1. The zero-order valence-electron chi connectivity index (χ0n) is 16.7. The number of hydrogen-bond donors (Lipinski definition) is 1. The van der Waals surface area contributed by atoms with Crippen LogP contribution < -0.4 is 10.2 Å². The molecule has 30 heavy (non-hydrogen) atoms. The van der Waals surface area contributed by atoms with Crippen molar-refractivity contribution in [2.45, 2.75) is 6.92 Å². The van der Waals surface area contributed by atoms with Crippen LogP contribution in [0.2, 0.25) is 0 Å². The smallest absolute Gasteiger partial charge is 0.251 e. The number of carbonyl (C=O) groups is 2. The maximum absolute atomic E-state index is 12.5. The second-order valence-electron chi connectivity index (χ2n) is 7.02. The molecule has 1 aliphatic rings. The Morgan fingerprint density at radius 2 is 1.77 bits per heavy atom. The normalized spacial score (nSPS) is 13.9. The summed E-state index contributed by atoms with van der Waals surface area (Å²) in [6.45, 7) is 4.33. The molecule has 1 N–H and O–H groups in total. The van der Waals surface area contributed by atoms with Crippen LogP contribution in [0.25, 0.3) is 5.82 Å². The number of piperazine rings is 1. The van der Waals surface area contributed by atoms with Gasteiger partial charge in [-0.05, 0) is 19.1 Å². The van der Waals surface area contributed by atoms with Crippen molar-refractivity contribution in [2.75, 3.05) is 37.6 Å². The van der Waals surface area contributed by atoms with E-state index in [0.29, 0.717) is 37.6 Å². The number of imidazole rings is 1. The maximum Gasteiger partial charge on any atom is 0.251 e. The SMILES string of the molecule is Cc1nc(N2CCN(C(=O)CNC(=O)c3ccccc3)CC2)cc(-n2ccnc2)n1. The number of nitrogens with zero attached hydrogens (tertiary/aromatic N) is 6. The Labute approximate surface area is 174 Å². The molecule has 4 rings (SSSR count). The Kier molecular flexibility index (Phi) is 5.69. The van der Waals surface area contributed by atoms with E-state index in [1.807, 2.05) is 29.8 Å². The first-order valence-electron chi connectivity index (χ1n) is 9.80. The van der Waals surface area contributed by atoms with Crippen molar-refractivity contribution in [3.63, 3.8) is 0 Å². The lowest BCUT2D eigenvalue weighted by molar-refractivity contribution is -0.130. The topological polar surface area (TPSA) is 96.2 Å². The largest absolute Gasteiger partial charge is 0.353 e. The van der Waals surface area contributed by atoms with E-state index in [4.69, 9.17) is 0 Å². The Morgan fingerprint density at radius 1 is 1.03 bits per heavy atom. The third-order valence-electron chi connectivity index (χ3n) is 4.97. The van der Waals surface area contributed by atoms with E-state index in [-0.39, 0.29) is 18.4 Å². The average Bonchev–Trinajstić information content (AvgIpc) is 3.33. The fraction of sp³-hybridized carbons (Fsp3) is 0.286. The highest BCUT2D eigenvalue weighted by Crippen LogP contribution is 2.17. The van der Waals surface area contributed by atoms with Crippen LogP contribution in [0.5, 0.6) is 0 Å². The highest BCUT2D eigenvalue weighted by molar-refractivity contribution is 5.96. The van der Waals surface area contributed by atoms with Gasteiger partial charge in [0.15, 0.2) is 0 Å². The van der Waals surface area contributed by atoms with Gasteiger partial charge in [0.05, 0.1) is 6.54 Å². The predicted octanol–water partition coefficient (Wildman–Crippen LogP) is 1.05. The summed E-state index contributed by atoms with van der Waals surface area (Å²) in [5, 5.41) is 2.70. The van der Waals surface area contributed by atoms with Crippen LogP contribution in [-0.2, 0) is 4.79 Å². The molecule has 1 aromatic carbocycles. The van der Waals surface area contributed by atoms with E-state index >= 15 is 0 Å². The molecule has 1 saturated heterocycles. The van der Waals surface area contributed by atoms with Crippen molar-refractivity contribution in [3.8, 4) is 5.82 Å². The minimum atomic E-state index is -0.244. The van der Waals surface area contributed by atoms with E-state index in [0.717, 1.165) is 11.6 Å². The molecular formula is C21H23N7O2. The molecule has 2 amide bonds. The van der Waals surface area contributed by atoms with Crippen molar-refractivity contribution < 1.29 is 9.59 Å². The van der Waals surface area contributed by atoms with Gasteiger partial charge in [0.25, 0.3) is 5.91 Å². The Morgan fingerprint density at radius 3 is 2.47 bits per heavy atom. The summed E-state index contributed by atoms with van der Waals surface area (Å²) in [6, 6.07) is 10.8. The van der Waals surface area contributed by atoms with Crippen LogP contribution in [0.4, 0.5) is 5.82 Å². The molecule has 9 heteroatoms. The first kappa shape index (κ1) is 19.6. The molecule has 0 bridgehead atoms. The zero-order valence-corrected chi connectivity index (χ0v) is 16.7. The molecule has 3 heterocycles. The van der Waals surface area contributed by atoms with Crippen molar-refractivity contribution >= 4 is 17.6 Å². The molecule has 0 saturated carbocycles. The van der Waals surface area contributed by atoms with Gasteiger partial charge in [-0.3, -0.25) is 14.2 Å². The number of aromatic nitrogens is 4. The van der Waals surface area contributed by atoms with Gasteiger partial charge in [0.2, 0.25) is 5.91 Å². The second-order valence-corrected chi connectivity index (χ2v) is 7.02. The standard InChI is InChI=1S/C21H23N7O2/c1-16-24-18(13-19(25-16)28-8-7-22-15-28)26-9-11-27(12-10-26)20(29)14-23-21(30)17-5-3-2-4-6-17/h2-8,13,15H,9-12,14H2,1H3,(H,23,30). The molecule has 2 aromatic heterocycles. The average molecular weight is 405 g/mol. The predicted molar refractivity (Wildman–Crippen MR) is 111 cm³/mol. The highest BCUT2D eigenvalue weighted by atomic mass is 16.2. The third-order valence-corrected chi connectivity index (χ3v) is 4.97. The second kappa shape index (κ2) is 8.73. The molecule has 0 spiro atoms. The minimum absolute atomic E-state index is 0.00881. The van der Waals surface area contributed by atoms with E-state index in [9.17, 15) is 9.59 Å². The van der Waals surface area contributed by atoms with Crippen molar-refractivity contribution in [1.82, 2.24) is 29.7 Å². The Bertz CT molecular complexity index is 1010. The molecule has 1 aliphatic heterocycles. The van der Waals surface area contributed by atoms with Gasteiger partial charge in [-0.15, -0.1) is 0 Å². The number of rotatable bonds is 5. The number of amides is 2. The molecular weight excluding hydrogens is 382 g/mol. The van der Waals surface area contributed by atoms with Crippen LogP contribution in [0.3, 0.4) is 0 Å². The molecule has 0 unspecified atom stereocenters. The van der Waals surface area contributed by atoms with Crippen molar-refractivity contribution in [3.05, 3.63) is 66.5 Å². The minimum Gasteiger partial charge on any atom is -0.353 e. The third kappa shape index (κ3) is 4.45. The molecule has 1 fully saturated rings. The maximum atomic E-state index is 12.5. The fourth-order valence-electron chi connectivity index (χ4n) is 3.37. The van der Waals surface area contributed by atoms with E-state index in [1.54, 1.807) is 41.7 Å². The number of anilines is 1. The van der Waals surface area contributed by atoms with Crippen LogP contribution in [0.1, 0.15) is 16.2 Å². The summed E-state index contributed by atoms with van der Waals surface area (Å²) in [5.41, 5.74) is 0.544. The van der Waals surface area contributed by atoms with E-state index in [1.165, 1.54) is 0 Å². The molecule has 9 nitrogen and oxygen atoms in total. The number of hydrogen-bond acceptors (Lipinski definition) is 6. The quantitative estimate of drug-likeness (QED) is 0.682. The van der Waals surface area contributed by atoms with Gasteiger partial charge in [-0.1, -0.05) is 18.2 Å². The first-order valence-corrected chi connectivity index (χ1v) is 9.80. The Hall–Kier alpha value is -3.75. The van der Waals surface area contributed by atoms with E-state index in [2.05, 4.69) is 25.2 Å². The molecule has 154 valence electrons. The van der Waals surface area contributed by atoms with Gasteiger partial charge >= 0.3 is 0 Å². The van der Waals surface area contributed by atoms with Crippen LogP contribution >= 0.6 is 0 Å². The molecule has 0 radical (unpaired) electrons. The summed E-state index contributed by atoms with van der Waals surface area (Å²) >= 11 is 0. The monoisotopic (exact) mass is 405 g/mol. The van der Waals surface area contributed by atoms with Gasteiger partial charge in [-0.25, -0.2) is 15.0 Å². The van der Waals surface area contributed by atoms with Gasteiger partial charge in [-0.2, -0.15) is 0 Å². The summed E-state index contributed by atoms with van der Waals surface area (Å²) in [7, 11) is 0. The number of nitrogens with one attached hydrogen (secondary N) is 1. The van der Waals surface area contributed by atoms with E-state index < -0.39 is 0 Å². The summed E-state index contributed by atoms with van der Waals surface area (Å²) in [5.74, 6) is 1.94. The number of carbonyl (C=O) groups excluding carboxylic acids is 2. The van der Waals surface area contributed by atoms with Gasteiger partial charge in [0.1, 0.15) is 23.8 Å². The van der Waals surface area contributed by atoms with Crippen molar-refractivity contribution in [2.24, 2.45) is 0 Å². The fourth-order valence-corrected chi connectivity index (χ4v) is 3.37. The first-order chi connectivity index (χ1) is 14.6. The lowest BCUT2D eigenvalue weighted by Gasteiger charge is -2.35. The van der Waals surface area contributed by atoms with Crippen LogP contribution in [0, 0.1) is 6.92 Å². The number of benzene rings is 1. The van der Waals surface area contributed by atoms with Gasteiger partial charge in [0, 0.05) is 50.2 Å². The zero-order chi connectivity index (χ0) is 20.9. The molecule has 0 atom stereocenters. The van der Waals surface area contributed by atoms with Gasteiger partial charge < -0.3 is 15.1 Å². The summed E-state index contributed by atoms with van der Waals surface area (Å²) in [6.07, 6.45) is 5.25. The highest BCUT2D eigenvalue weighted by Gasteiger charge is 2.23. The lowest BCUT2D eigenvalue weighted by Crippen LogP contribution is -2.51. The molecule has 0 aliphatic carbocycles.